The van der Waals surface area contributed by atoms with E-state index < -0.39 is 16.6 Å². The summed E-state index contributed by atoms with van der Waals surface area (Å²) in [5, 5.41) is 21.0. The second-order valence-electron chi connectivity index (χ2n) is 4.48. The lowest BCUT2D eigenvalue weighted by Gasteiger charge is -2.11. The summed E-state index contributed by atoms with van der Waals surface area (Å²) in [6, 6.07) is 8.00. The minimum absolute atomic E-state index is 0.00486. The summed E-state index contributed by atoms with van der Waals surface area (Å²) in [6.07, 6.45) is -0.00486. The highest BCUT2D eigenvalue weighted by Gasteiger charge is 2.27. The van der Waals surface area contributed by atoms with Gasteiger partial charge in [0.2, 0.25) is 0 Å². The SMILES string of the molecule is Nc1c(Br)cc(C(=O)O)c(Cc2ccccc2Cl)c1[N+](=O)[O-]. The lowest BCUT2D eigenvalue weighted by molar-refractivity contribution is -0.384. The van der Waals surface area contributed by atoms with E-state index in [1.165, 1.54) is 6.07 Å². The van der Waals surface area contributed by atoms with E-state index in [4.69, 9.17) is 17.3 Å². The minimum Gasteiger partial charge on any atom is -0.478 e. The Balaban J connectivity index is 2.72. The Bertz CT molecular complexity index is 780. The smallest absolute Gasteiger partial charge is 0.336 e. The first-order chi connectivity index (χ1) is 10.3. The number of nitrogens with two attached hydrogens (primary N) is 1. The van der Waals surface area contributed by atoms with Gasteiger partial charge in [-0.1, -0.05) is 29.8 Å². The Kier molecular flexibility index (Phi) is 4.68. The van der Waals surface area contributed by atoms with Gasteiger partial charge in [-0.15, -0.1) is 0 Å². The molecule has 0 bridgehead atoms. The average Bonchev–Trinajstić information content (AvgIpc) is 2.44. The first-order valence-electron chi connectivity index (χ1n) is 6.04. The van der Waals surface area contributed by atoms with Gasteiger partial charge >= 0.3 is 5.97 Å². The number of carboxylic acids is 1. The summed E-state index contributed by atoms with van der Waals surface area (Å²) in [5.74, 6) is -1.27. The molecule has 0 fully saturated rings. The van der Waals surface area contributed by atoms with Crippen LogP contribution in [0, 0.1) is 10.1 Å². The van der Waals surface area contributed by atoms with Crippen LogP contribution in [0.3, 0.4) is 0 Å². The molecule has 2 aromatic carbocycles. The lowest BCUT2D eigenvalue weighted by Crippen LogP contribution is -2.10. The van der Waals surface area contributed by atoms with Gasteiger partial charge in [-0.05, 0) is 33.6 Å². The van der Waals surface area contributed by atoms with Crippen molar-refractivity contribution in [3.8, 4) is 0 Å². The molecule has 0 amide bonds. The normalized spacial score (nSPS) is 10.5. The van der Waals surface area contributed by atoms with Gasteiger partial charge in [0.05, 0.1) is 16.1 Å². The van der Waals surface area contributed by atoms with E-state index >= 15 is 0 Å². The van der Waals surface area contributed by atoms with Gasteiger partial charge in [-0.3, -0.25) is 10.1 Å². The summed E-state index contributed by atoms with van der Waals surface area (Å²) in [4.78, 5) is 22.1. The second-order valence-corrected chi connectivity index (χ2v) is 5.74. The number of carbonyl (C=O) groups is 1. The van der Waals surface area contributed by atoms with Gasteiger partial charge in [-0.25, -0.2) is 4.79 Å². The second kappa shape index (κ2) is 6.33. The van der Waals surface area contributed by atoms with E-state index in [2.05, 4.69) is 15.9 Å². The third-order valence-corrected chi connectivity index (χ3v) is 4.16. The van der Waals surface area contributed by atoms with Gasteiger partial charge in [-0.2, -0.15) is 0 Å². The minimum atomic E-state index is -1.27. The van der Waals surface area contributed by atoms with Crippen LogP contribution in [0.15, 0.2) is 34.8 Å². The molecule has 0 atom stereocenters. The number of nitro benzene ring substituents is 1. The monoisotopic (exact) mass is 384 g/mol. The fraction of sp³-hybridized carbons (Fsp3) is 0.0714. The molecule has 0 aliphatic rings. The molecule has 6 nitrogen and oxygen atoms in total. The van der Waals surface area contributed by atoms with Crippen LogP contribution in [0.25, 0.3) is 0 Å². The average molecular weight is 386 g/mol. The van der Waals surface area contributed by atoms with Gasteiger partial charge in [0.15, 0.2) is 0 Å². The molecule has 3 N–H and O–H groups in total. The fourth-order valence-corrected chi connectivity index (χ4v) is 2.72. The standard InChI is InChI=1S/C14H10BrClN2O4/c15-10-6-9(14(19)20)8(13(12(10)17)18(21)22)5-7-3-1-2-4-11(7)16/h1-4,6H,5,17H2,(H,19,20). The van der Waals surface area contributed by atoms with Crippen LogP contribution < -0.4 is 5.73 Å². The maximum atomic E-state index is 11.4. The molecular formula is C14H10BrClN2O4. The highest BCUT2D eigenvalue weighted by Crippen LogP contribution is 2.37. The van der Waals surface area contributed by atoms with E-state index in [9.17, 15) is 20.0 Å². The molecule has 2 aromatic rings. The zero-order chi connectivity index (χ0) is 16.4. The zero-order valence-corrected chi connectivity index (χ0v) is 13.4. The van der Waals surface area contributed by atoms with Crippen molar-refractivity contribution in [3.05, 3.63) is 66.6 Å². The number of aromatic carboxylic acids is 1. The van der Waals surface area contributed by atoms with Crippen molar-refractivity contribution in [3.63, 3.8) is 0 Å². The van der Waals surface area contributed by atoms with Gasteiger partial charge in [0, 0.05) is 15.9 Å². The number of benzene rings is 2. The first-order valence-corrected chi connectivity index (χ1v) is 7.22. The third-order valence-electron chi connectivity index (χ3n) is 3.13. The van der Waals surface area contributed by atoms with E-state index in [1.54, 1.807) is 24.3 Å². The number of hydrogen-bond acceptors (Lipinski definition) is 4. The van der Waals surface area contributed by atoms with E-state index in [1.807, 2.05) is 0 Å². The Morgan fingerprint density at radius 2 is 2.05 bits per heavy atom. The summed E-state index contributed by atoms with van der Waals surface area (Å²) in [6.45, 7) is 0. The number of nitrogens with zero attached hydrogens (tertiary/aromatic N) is 1. The molecule has 114 valence electrons. The molecule has 0 saturated heterocycles. The zero-order valence-electron chi connectivity index (χ0n) is 11.0. The van der Waals surface area contributed by atoms with Crippen LogP contribution in [0.2, 0.25) is 5.02 Å². The highest BCUT2D eigenvalue weighted by atomic mass is 79.9. The lowest BCUT2D eigenvalue weighted by atomic mass is 9.97. The van der Waals surface area contributed by atoms with Crippen molar-refractivity contribution in [2.75, 3.05) is 5.73 Å². The first kappa shape index (κ1) is 16.3. The number of hydrogen-bond donors (Lipinski definition) is 2. The number of carboxylic acid groups (broad SMARTS) is 1. The Morgan fingerprint density at radius 3 is 2.59 bits per heavy atom. The molecular weight excluding hydrogens is 376 g/mol. The summed E-state index contributed by atoms with van der Waals surface area (Å²) in [7, 11) is 0. The van der Waals surface area contributed by atoms with Crippen LogP contribution in [-0.4, -0.2) is 16.0 Å². The summed E-state index contributed by atoms with van der Waals surface area (Å²) < 4.78 is 0.166. The van der Waals surface area contributed by atoms with Crippen molar-refractivity contribution in [2.24, 2.45) is 0 Å². The molecule has 2 rings (SSSR count). The van der Waals surface area contributed by atoms with Crippen molar-refractivity contribution in [1.29, 1.82) is 0 Å². The number of nitro groups is 1. The number of rotatable bonds is 4. The predicted molar refractivity (Wildman–Crippen MR) is 86.4 cm³/mol. The Hall–Kier alpha value is -2.12. The summed E-state index contributed by atoms with van der Waals surface area (Å²) >= 11 is 9.10. The van der Waals surface area contributed by atoms with Gasteiger partial charge in [0.25, 0.3) is 5.69 Å². The van der Waals surface area contributed by atoms with E-state index in [-0.39, 0.29) is 27.7 Å². The van der Waals surface area contributed by atoms with Crippen LogP contribution in [0.5, 0.6) is 0 Å². The summed E-state index contributed by atoms with van der Waals surface area (Å²) in [5.41, 5.74) is 5.60. The van der Waals surface area contributed by atoms with Crippen molar-refractivity contribution < 1.29 is 14.8 Å². The fourth-order valence-electron chi connectivity index (χ4n) is 2.11. The maximum absolute atomic E-state index is 11.4. The highest BCUT2D eigenvalue weighted by molar-refractivity contribution is 9.10. The predicted octanol–water partition coefficient (Wildman–Crippen LogP) is 3.88. The molecule has 0 heterocycles. The molecule has 0 spiro atoms. The Labute approximate surface area is 138 Å². The molecule has 0 radical (unpaired) electrons. The molecule has 0 aromatic heterocycles. The van der Waals surface area contributed by atoms with Gasteiger partial charge in [0.1, 0.15) is 5.69 Å². The van der Waals surface area contributed by atoms with Crippen LogP contribution in [-0.2, 0) is 6.42 Å². The van der Waals surface area contributed by atoms with Crippen molar-refractivity contribution >= 4 is 44.9 Å². The quantitative estimate of drug-likeness (QED) is 0.472. The number of nitrogen functional groups attached to an aromatic ring is 1. The number of halogens is 2. The van der Waals surface area contributed by atoms with E-state index in [0.717, 1.165) is 0 Å². The molecule has 0 saturated carbocycles. The third kappa shape index (κ3) is 3.05. The number of anilines is 1. The molecule has 0 aliphatic carbocycles. The van der Waals surface area contributed by atoms with E-state index in [0.29, 0.717) is 10.6 Å². The maximum Gasteiger partial charge on any atom is 0.336 e. The molecule has 22 heavy (non-hydrogen) atoms. The molecule has 0 aliphatic heterocycles. The molecule has 8 heteroatoms. The topological polar surface area (TPSA) is 106 Å². The van der Waals surface area contributed by atoms with Gasteiger partial charge < -0.3 is 10.8 Å². The van der Waals surface area contributed by atoms with Crippen molar-refractivity contribution in [1.82, 2.24) is 0 Å². The largest absolute Gasteiger partial charge is 0.478 e. The Morgan fingerprint density at radius 1 is 1.41 bits per heavy atom. The molecule has 0 unspecified atom stereocenters. The van der Waals surface area contributed by atoms with Crippen molar-refractivity contribution in [2.45, 2.75) is 6.42 Å². The van der Waals surface area contributed by atoms with Crippen LogP contribution >= 0.6 is 27.5 Å². The van der Waals surface area contributed by atoms with Crippen LogP contribution in [0.4, 0.5) is 11.4 Å². The van der Waals surface area contributed by atoms with Crippen LogP contribution in [0.1, 0.15) is 21.5 Å².